The third-order valence-electron chi connectivity index (χ3n) is 2.08. The van der Waals surface area contributed by atoms with Gasteiger partial charge in [0.05, 0.1) is 0 Å². The number of hydrogen-bond donors (Lipinski definition) is 2. The van der Waals surface area contributed by atoms with Gasteiger partial charge in [-0.1, -0.05) is 0 Å². The molecule has 0 radical (unpaired) electrons. The van der Waals surface area contributed by atoms with Crippen LogP contribution in [0, 0.1) is 0 Å². The first-order chi connectivity index (χ1) is 7.75. The zero-order valence-corrected chi connectivity index (χ0v) is 8.43. The number of nitrogens with zero attached hydrogens (tertiary/aromatic N) is 2. The maximum absolute atomic E-state index is 11.3. The molecule has 1 aliphatic heterocycles. The van der Waals surface area contributed by atoms with Crippen LogP contribution in [-0.2, 0) is 0 Å². The molecule has 0 fully saturated rings. The van der Waals surface area contributed by atoms with Crippen molar-refractivity contribution in [3.8, 4) is 0 Å². The summed E-state index contributed by atoms with van der Waals surface area (Å²) >= 11 is 0. The minimum atomic E-state index is -0.537. The summed E-state index contributed by atoms with van der Waals surface area (Å²) in [7, 11) is 0. The minimum Gasteiger partial charge on any atom is -0.312 e. The molecule has 0 saturated carbocycles. The zero-order valence-electron chi connectivity index (χ0n) is 8.43. The Bertz CT molecular complexity index is 577. The van der Waals surface area contributed by atoms with Crippen molar-refractivity contribution in [3.05, 3.63) is 38.8 Å². The fourth-order valence-electron chi connectivity index (χ4n) is 1.27. The van der Waals surface area contributed by atoms with E-state index in [1.807, 2.05) is 6.21 Å². The lowest BCUT2D eigenvalue weighted by Gasteiger charge is -2.00. The van der Waals surface area contributed by atoms with Gasteiger partial charge in [-0.3, -0.25) is 14.8 Å². The van der Waals surface area contributed by atoms with Gasteiger partial charge in [0.1, 0.15) is 5.69 Å². The molecule has 0 aromatic carbocycles. The van der Waals surface area contributed by atoms with Gasteiger partial charge in [-0.05, 0) is 18.4 Å². The highest BCUT2D eigenvalue weighted by Crippen LogP contribution is 2.08. The highest BCUT2D eigenvalue weighted by Gasteiger charge is 1.99. The lowest BCUT2D eigenvalue weighted by Crippen LogP contribution is -2.20. The van der Waals surface area contributed by atoms with Crippen LogP contribution in [0.5, 0.6) is 0 Å². The van der Waals surface area contributed by atoms with Gasteiger partial charge in [-0.15, -0.1) is 0 Å². The number of aliphatic imine (C=N–C) groups is 2. The second kappa shape index (κ2) is 4.52. The van der Waals surface area contributed by atoms with Gasteiger partial charge in [-0.25, -0.2) is 9.79 Å². The Hall–Kier alpha value is -2.24. The third kappa shape index (κ3) is 2.41. The third-order valence-corrected chi connectivity index (χ3v) is 2.08. The van der Waals surface area contributed by atoms with Crippen LogP contribution in [-0.4, -0.2) is 22.4 Å². The summed E-state index contributed by atoms with van der Waals surface area (Å²) in [6, 6.07) is 0. The van der Waals surface area contributed by atoms with Crippen molar-refractivity contribution in [1.82, 2.24) is 9.97 Å². The van der Waals surface area contributed by atoms with Crippen LogP contribution in [0.25, 0.3) is 0 Å². The van der Waals surface area contributed by atoms with E-state index in [1.54, 1.807) is 12.4 Å². The normalized spacial score (nSPS) is 15.4. The molecule has 1 aliphatic rings. The summed E-state index contributed by atoms with van der Waals surface area (Å²) < 4.78 is 0. The molecular formula is C10H10N4O2. The van der Waals surface area contributed by atoms with Crippen LogP contribution in [0.15, 0.2) is 37.5 Å². The van der Waals surface area contributed by atoms with Gasteiger partial charge in [0, 0.05) is 24.8 Å². The summed E-state index contributed by atoms with van der Waals surface area (Å²) in [4.78, 5) is 34.5. The molecule has 1 aromatic heterocycles. The largest absolute Gasteiger partial charge is 0.325 e. The molecule has 0 atom stereocenters. The molecular weight excluding hydrogens is 208 g/mol. The topological polar surface area (TPSA) is 90.4 Å². The molecule has 16 heavy (non-hydrogen) atoms. The van der Waals surface area contributed by atoms with E-state index in [0.717, 1.165) is 18.4 Å². The number of rotatable bonds is 2. The highest BCUT2D eigenvalue weighted by molar-refractivity contribution is 5.82. The fourth-order valence-corrected chi connectivity index (χ4v) is 1.27. The fraction of sp³-hybridized carbons (Fsp3) is 0.200. The highest BCUT2D eigenvalue weighted by atomic mass is 16.2. The Morgan fingerprint density at radius 2 is 2.31 bits per heavy atom. The molecule has 0 amide bonds. The first kappa shape index (κ1) is 10.3. The van der Waals surface area contributed by atoms with Crippen LogP contribution in [0.1, 0.15) is 12.8 Å². The Morgan fingerprint density at radius 3 is 3.00 bits per heavy atom. The zero-order chi connectivity index (χ0) is 11.4. The van der Waals surface area contributed by atoms with Crippen LogP contribution in [0.3, 0.4) is 0 Å². The monoisotopic (exact) mass is 218 g/mol. The van der Waals surface area contributed by atoms with Crippen molar-refractivity contribution in [1.29, 1.82) is 0 Å². The van der Waals surface area contributed by atoms with E-state index in [2.05, 4.69) is 20.0 Å². The number of aromatic nitrogens is 2. The molecule has 82 valence electrons. The van der Waals surface area contributed by atoms with Crippen LogP contribution < -0.4 is 11.2 Å². The molecule has 1 aromatic rings. The molecule has 0 unspecified atom stereocenters. The van der Waals surface area contributed by atoms with E-state index < -0.39 is 11.2 Å². The van der Waals surface area contributed by atoms with Crippen molar-refractivity contribution in [2.24, 2.45) is 9.98 Å². The van der Waals surface area contributed by atoms with Gasteiger partial charge in [-0.2, -0.15) is 0 Å². The second-order valence-corrected chi connectivity index (χ2v) is 3.29. The van der Waals surface area contributed by atoms with E-state index >= 15 is 0 Å². The molecule has 6 heteroatoms. The maximum atomic E-state index is 11.3. The smallest absolute Gasteiger partial charge is 0.312 e. The number of H-pyrrole nitrogens is 2. The Labute approximate surface area is 90.5 Å². The van der Waals surface area contributed by atoms with Crippen molar-refractivity contribution < 1.29 is 0 Å². The Balaban J connectivity index is 2.23. The van der Waals surface area contributed by atoms with Gasteiger partial charge >= 0.3 is 5.69 Å². The van der Waals surface area contributed by atoms with Crippen LogP contribution in [0.2, 0.25) is 0 Å². The Morgan fingerprint density at radius 1 is 1.44 bits per heavy atom. The van der Waals surface area contributed by atoms with Gasteiger partial charge < -0.3 is 4.98 Å². The van der Waals surface area contributed by atoms with Crippen molar-refractivity contribution in [3.63, 3.8) is 0 Å². The molecule has 0 aliphatic carbocycles. The second-order valence-electron chi connectivity index (χ2n) is 3.29. The molecule has 0 spiro atoms. The number of nitrogens with one attached hydrogen (secondary N) is 2. The average Bonchev–Trinajstić information content (AvgIpc) is 2.29. The summed E-state index contributed by atoms with van der Waals surface area (Å²) in [5, 5.41) is 0. The van der Waals surface area contributed by atoms with Crippen molar-refractivity contribution in [2.75, 3.05) is 0 Å². The van der Waals surface area contributed by atoms with Crippen molar-refractivity contribution >= 4 is 18.1 Å². The van der Waals surface area contributed by atoms with E-state index in [9.17, 15) is 9.59 Å². The molecule has 2 N–H and O–H groups in total. The maximum Gasteiger partial charge on any atom is 0.325 e. The van der Waals surface area contributed by atoms with E-state index in [1.165, 1.54) is 6.20 Å². The van der Waals surface area contributed by atoms with E-state index in [4.69, 9.17) is 0 Å². The number of allylic oxidation sites excluding steroid dienone is 1. The molecule has 0 bridgehead atoms. The lowest BCUT2D eigenvalue weighted by atomic mass is 10.1. The van der Waals surface area contributed by atoms with Crippen LogP contribution in [0.4, 0.5) is 5.69 Å². The first-order valence-electron chi connectivity index (χ1n) is 4.82. The summed E-state index contributed by atoms with van der Waals surface area (Å²) in [5.74, 6) is 0. The molecule has 2 rings (SSSR count). The number of aromatic amines is 2. The van der Waals surface area contributed by atoms with Gasteiger partial charge in [0.2, 0.25) is 0 Å². The molecule has 0 saturated heterocycles. The number of hydrogen-bond acceptors (Lipinski definition) is 4. The van der Waals surface area contributed by atoms with Crippen molar-refractivity contribution in [2.45, 2.75) is 12.8 Å². The average molecular weight is 218 g/mol. The summed E-state index contributed by atoms with van der Waals surface area (Å²) in [6.07, 6.45) is 8.12. The van der Waals surface area contributed by atoms with Crippen LogP contribution >= 0.6 is 0 Å². The van der Waals surface area contributed by atoms with Gasteiger partial charge in [0.15, 0.2) is 0 Å². The summed E-state index contributed by atoms with van der Waals surface area (Å²) in [5.41, 5.74) is 0.0912. The van der Waals surface area contributed by atoms with E-state index in [0.29, 0.717) is 0 Å². The SMILES string of the molecule is O=c1[nH]cc(N=CC2=CN=CCC2)c(=O)[nH]1. The van der Waals surface area contributed by atoms with Gasteiger partial charge in [0.25, 0.3) is 5.56 Å². The first-order valence-corrected chi connectivity index (χ1v) is 4.82. The Kier molecular flexibility index (Phi) is 2.90. The quantitative estimate of drug-likeness (QED) is 0.708. The predicted octanol–water partition coefficient (Wildman–Crippen LogP) is 0.514. The standard InChI is InChI=1S/C10H10N4O2/c15-9-8(6-13-10(16)14-9)12-5-7-2-1-3-11-4-7/h3-6H,1-2H2,(H2,13,14,15,16). The molecule has 6 nitrogen and oxygen atoms in total. The minimum absolute atomic E-state index is 0.176. The summed E-state index contributed by atoms with van der Waals surface area (Å²) in [6.45, 7) is 0. The van der Waals surface area contributed by atoms with E-state index in [-0.39, 0.29) is 5.69 Å². The lowest BCUT2D eigenvalue weighted by molar-refractivity contribution is 1.03. The predicted molar refractivity (Wildman–Crippen MR) is 61.6 cm³/mol. The molecule has 2 heterocycles.